The molecule has 1 nitrogen and oxygen atoms in total. The van der Waals surface area contributed by atoms with Gasteiger partial charge in [-0.05, 0) is 20.3 Å². The van der Waals surface area contributed by atoms with Crippen LogP contribution in [-0.2, 0) is 4.74 Å². The molecule has 0 saturated carbocycles. The minimum atomic E-state index is -0.113. The fourth-order valence-electron chi connectivity index (χ4n) is 2.32. The van der Waals surface area contributed by atoms with Gasteiger partial charge >= 0.3 is 0 Å². The molecule has 2 bridgehead atoms. The zero-order valence-corrected chi connectivity index (χ0v) is 8.05. The van der Waals surface area contributed by atoms with Crippen molar-refractivity contribution in [2.75, 3.05) is 0 Å². The Kier molecular flexibility index (Phi) is 1.50. The molecule has 2 aliphatic rings. The van der Waals surface area contributed by atoms with E-state index in [0.717, 1.165) is 12.8 Å². The van der Waals surface area contributed by atoms with Gasteiger partial charge in [0.15, 0.2) is 0 Å². The zero-order chi connectivity index (χ0) is 8.82. The lowest BCUT2D eigenvalue weighted by molar-refractivity contribution is -0.0661. The Morgan fingerprint density at radius 3 is 2.92 bits per heavy atom. The van der Waals surface area contributed by atoms with Crippen molar-refractivity contribution >= 4 is 0 Å². The van der Waals surface area contributed by atoms with Crippen molar-refractivity contribution in [1.82, 2.24) is 0 Å². The van der Waals surface area contributed by atoms with Gasteiger partial charge in [-0.1, -0.05) is 30.7 Å². The first-order chi connectivity index (χ1) is 5.58. The molecular weight excluding hydrogens is 148 g/mol. The van der Waals surface area contributed by atoms with E-state index < -0.39 is 0 Å². The monoisotopic (exact) mass is 164 g/mol. The molecule has 1 heteroatoms. The largest absolute Gasteiger partial charge is 0.356 e. The van der Waals surface area contributed by atoms with Crippen LogP contribution in [0.25, 0.3) is 0 Å². The summed E-state index contributed by atoms with van der Waals surface area (Å²) in [6, 6.07) is 0. The predicted molar refractivity (Wildman–Crippen MR) is 50.0 cm³/mol. The van der Waals surface area contributed by atoms with Crippen molar-refractivity contribution in [3.63, 3.8) is 0 Å². The number of hydrogen-bond acceptors (Lipinski definition) is 1. The van der Waals surface area contributed by atoms with Crippen LogP contribution >= 0.6 is 0 Å². The maximum Gasteiger partial charge on any atom is 0.103 e. The van der Waals surface area contributed by atoms with E-state index in [-0.39, 0.29) is 11.2 Å². The van der Waals surface area contributed by atoms with Gasteiger partial charge in [0.2, 0.25) is 0 Å². The fourth-order valence-corrected chi connectivity index (χ4v) is 2.32. The van der Waals surface area contributed by atoms with Gasteiger partial charge in [-0.2, -0.15) is 0 Å². The Hall–Kier alpha value is -0.560. The Morgan fingerprint density at radius 1 is 1.50 bits per heavy atom. The Bertz CT molecular complexity index is 264. The Morgan fingerprint density at radius 2 is 2.25 bits per heavy atom. The average molecular weight is 164 g/mol. The molecule has 0 fully saturated rings. The van der Waals surface area contributed by atoms with E-state index in [1.807, 2.05) is 0 Å². The summed E-state index contributed by atoms with van der Waals surface area (Å²) in [6.45, 7) is 6.51. The topological polar surface area (TPSA) is 9.23 Å². The summed E-state index contributed by atoms with van der Waals surface area (Å²) in [5.74, 6) is 0. The second-order valence-corrected chi connectivity index (χ2v) is 4.21. The van der Waals surface area contributed by atoms with Gasteiger partial charge in [0, 0.05) is 6.42 Å². The molecule has 0 spiro atoms. The summed E-state index contributed by atoms with van der Waals surface area (Å²) < 4.78 is 6.00. The van der Waals surface area contributed by atoms with Crippen molar-refractivity contribution in [1.29, 1.82) is 0 Å². The van der Waals surface area contributed by atoms with Crippen molar-refractivity contribution in [3.05, 3.63) is 23.8 Å². The van der Waals surface area contributed by atoms with Crippen LogP contribution in [0, 0.1) is 0 Å². The highest BCUT2D eigenvalue weighted by Crippen LogP contribution is 2.43. The smallest absolute Gasteiger partial charge is 0.103 e. The maximum atomic E-state index is 6.00. The molecule has 0 amide bonds. The number of hydrogen-bond donors (Lipinski definition) is 0. The fraction of sp³-hybridized carbons (Fsp3) is 0.636. The highest BCUT2D eigenvalue weighted by Gasteiger charge is 2.42. The number of rotatable bonds is 1. The molecule has 2 atom stereocenters. The predicted octanol–water partition coefficient (Wildman–Crippen LogP) is 2.83. The van der Waals surface area contributed by atoms with E-state index in [4.69, 9.17) is 4.74 Å². The normalized spacial score (nSPS) is 44.8. The molecule has 0 aliphatic carbocycles. The molecule has 0 N–H and O–H groups in total. The van der Waals surface area contributed by atoms with Gasteiger partial charge in [0.1, 0.15) is 5.60 Å². The van der Waals surface area contributed by atoms with Crippen LogP contribution in [-0.4, -0.2) is 11.2 Å². The van der Waals surface area contributed by atoms with Crippen LogP contribution in [0.1, 0.15) is 33.6 Å². The van der Waals surface area contributed by atoms with Crippen LogP contribution < -0.4 is 0 Å². The molecule has 0 aromatic heterocycles. The molecule has 2 unspecified atom stereocenters. The summed E-state index contributed by atoms with van der Waals surface area (Å²) >= 11 is 0. The third-order valence-electron chi connectivity index (χ3n) is 2.85. The van der Waals surface area contributed by atoms with Gasteiger partial charge in [-0.3, -0.25) is 0 Å². The van der Waals surface area contributed by atoms with Gasteiger partial charge < -0.3 is 4.74 Å². The van der Waals surface area contributed by atoms with Gasteiger partial charge in [-0.15, -0.1) is 0 Å². The molecule has 0 aromatic rings. The van der Waals surface area contributed by atoms with E-state index in [1.165, 1.54) is 5.57 Å². The molecule has 0 saturated heterocycles. The standard InChI is InChI=1S/C11H16O/c1-4-11-6-5-10(3,12-11)7-9(2)8-11/h5-7H,4,8H2,1-3H3. The Balaban J connectivity index is 2.38. The third kappa shape index (κ3) is 1.04. The molecular formula is C11H16O. The van der Waals surface area contributed by atoms with Crippen LogP contribution in [0.2, 0.25) is 0 Å². The van der Waals surface area contributed by atoms with E-state index in [9.17, 15) is 0 Å². The van der Waals surface area contributed by atoms with E-state index in [1.54, 1.807) is 0 Å². The molecule has 2 rings (SSSR count). The molecule has 2 heterocycles. The molecule has 12 heavy (non-hydrogen) atoms. The highest BCUT2D eigenvalue weighted by molar-refractivity contribution is 5.32. The van der Waals surface area contributed by atoms with Crippen molar-refractivity contribution < 1.29 is 4.74 Å². The molecule has 0 aromatic carbocycles. The SMILES string of the molecule is CCC12C=CC(C)(C=C(C)C1)O2. The summed E-state index contributed by atoms with van der Waals surface area (Å²) in [5, 5.41) is 0. The van der Waals surface area contributed by atoms with Gasteiger partial charge in [0.05, 0.1) is 5.60 Å². The lowest BCUT2D eigenvalue weighted by Gasteiger charge is -2.36. The summed E-state index contributed by atoms with van der Waals surface area (Å²) in [4.78, 5) is 0. The quantitative estimate of drug-likeness (QED) is 0.541. The van der Waals surface area contributed by atoms with Crippen molar-refractivity contribution in [3.8, 4) is 0 Å². The molecule has 2 aliphatic heterocycles. The van der Waals surface area contributed by atoms with Gasteiger partial charge in [0.25, 0.3) is 0 Å². The summed E-state index contributed by atoms with van der Waals surface area (Å²) in [6.07, 6.45) is 8.79. The molecule has 0 radical (unpaired) electrons. The van der Waals surface area contributed by atoms with Crippen LogP contribution in [0.5, 0.6) is 0 Å². The van der Waals surface area contributed by atoms with Crippen molar-refractivity contribution in [2.45, 2.75) is 44.8 Å². The van der Waals surface area contributed by atoms with Crippen LogP contribution in [0.3, 0.4) is 0 Å². The van der Waals surface area contributed by atoms with E-state index >= 15 is 0 Å². The lowest BCUT2D eigenvalue weighted by Crippen LogP contribution is -2.37. The van der Waals surface area contributed by atoms with Crippen LogP contribution in [0.4, 0.5) is 0 Å². The summed E-state index contributed by atoms with van der Waals surface area (Å²) in [5.41, 5.74) is 1.36. The first-order valence-corrected chi connectivity index (χ1v) is 4.66. The lowest BCUT2D eigenvalue weighted by atomic mass is 9.91. The average Bonchev–Trinajstić information content (AvgIpc) is 2.23. The number of ether oxygens (including phenoxy) is 1. The van der Waals surface area contributed by atoms with Crippen LogP contribution in [0.15, 0.2) is 23.8 Å². The Labute approximate surface area is 74.1 Å². The zero-order valence-electron chi connectivity index (χ0n) is 8.05. The minimum Gasteiger partial charge on any atom is -0.356 e. The first kappa shape index (κ1) is 8.06. The second kappa shape index (κ2) is 2.23. The first-order valence-electron chi connectivity index (χ1n) is 4.66. The van der Waals surface area contributed by atoms with E-state index in [0.29, 0.717) is 0 Å². The number of fused-ring (bicyclic) bond motifs is 2. The molecule has 66 valence electrons. The van der Waals surface area contributed by atoms with E-state index in [2.05, 4.69) is 39.0 Å². The summed E-state index contributed by atoms with van der Waals surface area (Å²) in [7, 11) is 0. The van der Waals surface area contributed by atoms with Gasteiger partial charge in [-0.25, -0.2) is 0 Å². The van der Waals surface area contributed by atoms with Crippen molar-refractivity contribution in [2.24, 2.45) is 0 Å². The maximum absolute atomic E-state index is 6.00. The third-order valence-corrected chi connectivity index (χ3v) is 2.85. The second-order valence-electron chi connectivity index (χ2n) is 4.21. The highest BCUT2D eigenvalue weighted by atomic mass is 16.5. The minimum absolute atomic E-state index is 0.0214.